The molecular weight excluding hydrogens is 419 g/mol. The lowest BCUT2D eigenvalue weighted by Gasteiger charge is -2.15. The standard InChI is InChI=1S/C17H19F5N4O2S/c1-23-16(24-6-5-14-26-13(9-29-14)17(20,21)22)25-8-10-7-11(27-2)3-4-12(10)28-15(18)19/h3-4,7,9,15H,5-6,8H2,1-2H3,(H2,23,24,25). The van der Waals surface area contributed by atoms with Crippen molar-refractivity contribution in [3.05, 3.63) is 39.8 Å². The molecule has 2 aromatic rings. The van der Waals surface area contributed by atoms with Crippen molar-refractivity contribution in [2.45, 2.75) is 25.8 Å². The molecule has 1 aromatic carbocycles. The maximum absolute atomic E-state index is 12.6. The predicted octanol–water partition coefficient (Wildman–Crippen LogP) is 3.68. The van der Waals surface area contributed by atoms with Crippen LogP contribution in [0, 0.1) is 0 Å². The van der Waals surface area contributed by atoms with E-state index in [1.807, 2.05) is 0 Å². The number of guanidine groups is 1. The van der Waals surface area contributed by atoms with Crippen molar-refractivity contribution < 1.29 is 31.4 Å². The summed E-state index contributed by atoms with van der Waals surface area (Å²) >= 11 is 0.925. The molecule has 0 amide bonds. The van der Waals surface area contributed by atoms with E-state index < -0.39 is 18.5 Å². The molecule has 6 nitrogen and oxygen atoms in total. The Morgan fingerprint density at radius 2 is 2.03 bits per heavy atom. The van der Waals surface area contributed by atoms with Gasteiger partial charge in [-0.1, -0.05) is 0 Å². The van der Waals surface area contributed by atoms with E-state index in [1.165, 1.54) is 26.3 Å². The fourth-order valence-electron chi connectivity index (χ4n) is 2.28. The van der Waals surface area contributed by atoms with Gasteiger partial charge in [0.05, 0.1) is 12.1 Å². The van der Waals surface area contributed by atoms with Gasteiger partial charge >= 0.3 is 12.8 Å². The molecule has 0 unspecified atom stereocenters. The minimum atomic E-state index is -4.46. The van der Waals surface area contributed by atoms with E-state index in [0.717, 1.165) is 16.7 Å². The molecule has 0 aliphatic carbocycles. The van der Waals surface area contributed by atoms with Gasteiger partial charge < -0.3 is 20.1 Å². The largest absolute Gasteiger partial charge is 0.497 e. The van der Waals surface area contributed by atoms with Gasteiger partial charge in [0.2, 0.25) is 0 Å². The third kappa shape index (κ3) is 7.04. The number of hydrogen-bond acceptors (Lipinski definition) is 5. The van der Waals surface area contributed by atoms with Crippen molar-refractivity contribution in [1.29, 1.82) is 0 Å². The van der Waals surface area contributed by atoms with E-state index in [0.29, 0.717) is 22.3 Å². The zero-order chi connectivity index (χ0) is 21.4. The Hall–Kier alpha value is -2.63. The molecule has 29 heavy (non-hydrogen) atoms. The van der Waals surface area contributed by atoms with Crippen molar-refractivity contribution in [3.8, 4) is 11.5 Å². The zero-order valence-electron chi connectivity index (χ0n) is 15.5. The smallest absolute Gasteiger partial charge is 0.434 e. The first kappa shape index (κ1) is 22.7. The van der Waals surface area contributed by atoms with E-state index in [-0.39, 0.29) is 25.3 Å². The quantitative estimate of drug-likeness (QED) is 0.374. The van der Waals surface area contributed by atoms with Crippen molar-refractivity contribution in [2.24, 2.45) is 4.99 Å². The maximum Gasteiger partial charge on any atom is 0.434 e. The Balaban J connectivity index is 1.91. The van der Waals surface area contributed by atoms with Gasteiger partial charge in [-0.2, -0.15) is 22.0 Å². The highest BCUT2D eigenvalue weighted by Gasteiger charge is 2.33. The number of nitrogens with one attached hydrogen (secondary N) is 2. The number of hydrogen-bond donors (Lipinski definition) is 2. The Kier molecular flexibility index (Phi) is 8.00. The summed E-state index contributed by atoms with van der Waals surface area (Å²) in [4.78, 5) is 7.54. The topological polar surface area (TPSA) is 67.8 Å². The Morgan fingerprint density at radius 1 is 1.28 bits per heavy atom. The molecular formula is C17H19F5N4O2S. The molecule has 2 rings (SSSR count). The Bertz CT molecular complexity index is 826. The summed E-state index contributed by atoms with van der Waals surface area (Å²) in [6.45, 7) is -2.59. The molecule has 0 atom stereocenters. The molecule has 0 fully saturated rings. The third-order valence-corrected chi connectivity index (χ3v) is 4.54. The molecule has 0 bridgehead atoms. The van der Waals surface area contributed by atoms with Crippen LogP contribution in [0.4, 0.5) is 22.0 Å². The first-order valence-corrected chi connectivity index (χ1v) is 9.18. The van der Waals surface area contributed by atoms with Crippen LogP contribution < -0.4 is 20.1 Å². The number of aromatic nitrogens is 1. The lowest BCUT2D eigenvalue weighted by atomic mass is 10.2. The molecule has 0 saturated carbocycles. The number of methoxy groups -OCH3 is 1. The molecule has 1 heterocycles. The highest BCUT2D eigenvalue weighted by Crippen LogP contribution is 2.30. The summed E-state index contributed by atoms with van der Waals surface area (Å²) in [5.41, 5.74) is -0.494. The molecule has 0 aliphatic heterocycles. The van der Waals surface area contributed by atoms with Crippen LogP contribution in [0.1, 0.15) is 16.3 Å². The number of ether oxygens (including phenoxy) is 2. The number of benzene rings is 1. The highest BCUT2D eigenvalue weighted by atomic mass is 32.1. The summed E-state index contributed by atoms with van der Waals surface area (Å²) in [5, 5.41) is 7.16. The van der Waals surface area contributed by atoms with Crippen LogP contribution >= 0.6 is 11.3 Å². The van der Waals surface area contributed by atoms with E-state index >= 15 is 0 Å². The van der Waals surface area contributed by atoms with E-state index in [1.54, 1.807) is 6.07 Å². The molecule has 0 spiro atoms. The summed E-state index contributed by atoms with van der Waals surface area (Å²) in [5.74, 6) is 0.797. The van der Waals surface area contributed by atoms with Gasteiger partial charge in [-0.05, 0) is 18.2 Å². The Labute approximate surface area is 167 Å². The average Bonchev–Trinajstić information content (AvgIpc) is 3.14. The lowest BCUT2D eigenvalue weighted by molar-refractivity contribution is -0.140. The van der Waals surface area contributed by atoms with Gasteiger partial charge in [-0.25, -0.2) is 4.98 Å². The maximum atomic E-state index is 12.6. The van der Waals surface area contributed by atoms with Gasteiger partial charge in [-0.15, -0.1) is 11.3 Å². The molecule has 12 heteroatoms. The highest BCUT2D eigenvalue weighted by molar-refractivity contribution is 7.09. The number of alkyl halides is 5. The monoisotopic (exact) mass is 438 g/mol. The fraction of sp³-hybridized carbons (Fsp3) is 0.412. The second kappa shape index (κ2) is 10.2. The molecule has 0 aliphatic rings. The minimum absolute atomic E-state index is 0.00813. The predicted molar refractivity (Wildman–Crippen MR) is 98.6 cm³/mol. The van der Waals surface area contributed by atoms with Crippen molar-refractivity contribution in [2.75, 3.05) is 20.7 Å². The third-order valence-electron chi connectivity index (χ3n) is 3.63. The van der Waals surface area contributed by atoms with Crippen LogP contribution in [0.2, 0.25) is 0 Å². The number of thiazole rings is 1. The van der Waals surface area contributed by atoms with Gasteiger partial charge in [0.15, 0.2) is 11.7 Å². The van der Waals surface area contributed by atoms with Gasteiger partial charge in [0, 0.05) is 37.5 Å². The molecule has 160 valence electrons. The number of halogens is 5. The van der Waals surface area contributed by atoms with Crippen molar-refractivity contribution >= 4 is 17.3 Å². The van der Waals surface area contributed by atoms with Crippen LogP contribution in [0.25, 0.3) is 0 Å². The van der Waals surface area contributed by atoms with Crippen LogP contribution in [-0.2, 0) is 19.1 Å². The molecule has 2 N–H and O–H groups in total. The van der Waals surface area contributed by atoms with Crippen LogP contribution in [-0.4, -0.2) is 38.3 Å². The minimum Gasteiger partial charge on any atom is -0.497 e. The van der Waals surface area contributed by atoms with E-state index in [2.05, 4.69) is 25.3 Å². The van der Waals surface area contributed by atoms with Crippen LogP contribution in [0.15, 0.2) is 28.6 Å². The summed E-state index contributed by atoms with van der Waals surface area (Å²) in [6.07, 6.45) is -4.20. The molecule has 0 radical (unpaired) electrons. The summed E-state index contributed by atoms with van der Waals surface area (Å²) in [6, 6.07) is 4.42. The van der Waals surface area contributed by atoms with Crippen LogP contribution in [0.3, 0.4) is 0 Å². The van der Waals surface area contributed by atoms with Crippen molar-refractivity contribution in [1.82, 2.24) is 15.6 Å². The fourth-order valence-corrected chi connectivity index (χ4v) is 3.08. The van der Waals surface area contributed by atoms with Gasteiger partial charge in [0.25, 0.3) is 0 Å². The lowest BCUT2D eigenvalue weighted by Crippen LogP contribution is -2.38. The van der Waals surface area contributed by atoms with Gasteiger partial charge in [-0.3, -0.25) is 4.99 Å². The van der Waals surface area contributed by atoms with Crippen molar-refractivity contribution in [3.63, 3.8) is 0 Å². The summed E-state index contributed by atoms with van der Waals surface area (Å²) < 4.78 is 72.4. The SMILES string of the molecule is CN=C(NCCc1nc(C(F)(F)F)cs1)NCc1cc(OC)ccc1OC(F)F. The molecule has 1 aromatic heterocycles. The second-order valence-corrected chi connectivity index (χ2v) is 6.52. The van der Waals surface area contributed by atoms with E-state index in [4.69, 9.17) is 4.74 Å². The van der Waals surface area contributed by atoms with Crippen LogP contribution in [0.5, 0.6) is 11.5 Å². The Morgan fingerprint density at radius 3 is 2.62 bits per heavy atom. The number of rotatable bonds is 8. The first-order valence-electron chi connectivity index (χ1n) is 8.30. The van der Waals surface area contributed by atoms with Gasteiger partial charge in [0.1, 0.15) is 11.5 Å². The average molecular weight is 438 g/mol. The summed E-state index contributed by atoms with van der Waals surface area (Å²) in [7, 11) is 2.95. The number of nitrogens with zero attached hydrogens (tertiary/aromatic N) is 2. The molecule has 0 saturated heterocycles. The van der Waals surface area contributed by atoms with E-state index in [9.17, 15) is 22.0 Å². The number of aliphatic imine (C=N–C) groups is 1. The first-order chi connectivity index (χ1) is 13.7. The second-order valence-electron chi connectivity index (χ2n) is 5.58. The normalized spacial score (nSPS) is 12.2. The zero-order valence-corrected chi connectivity index (χ0v) is 16.3.